The molecule has 10 heteroatoms. The van der Waals surface area contributed by atoms with E-state index < -0.39 is 26.6 Å². The number of rotatable bonds is 55. The second kappa shape index (κ2) is 54.5. The van der Waals surface area contributed by atoms with Gasteiger partial charge in [-0.15, -0.1) is 0 Å². The molecule has 0 radical (unpaired) electrons. The number of unbranched alkanes of at least 4 members (excludes halogenated alkanes) is 27. The molecule has 0 heterocycles. The van der Waals surface area contributed by atoms with Crippen LogP contribution in [0, 0.1) is 0 Å². The monoisotopic (exact) mass is 1070 g/mol. The van der Waals surface area contributed by atoms with Gasteiger partial charge in [0.05, 0.1) is 33.8 Å². The van der Waals surface area contributed by atoms with E-state index in [1.54, 1.807) is 0 Å². The fourth-order valence-corrected chi connectivity index (χ4v) is 9.20. The first-order valence-electron chi connectivity index (χ1n) is 30.9. The smallest absolute Gasteiger partial charge is 0.306 e. The Hall–Kier alpha value is -2.81. The standard InChI is InChI=1S/C65H117N2O7P/c1-7-10-13-16-19-22-25-28-30-32-33-35-36-39-42-45-48-51-54-57-64(68)66-62(61-73-75(70,71)72-60-59-67(4,5)6)63(56-53-50-47-44-41-38-27-24-21-18-15-12-9-3)74-65(69)58-55-52-49-46-43-40-37-34-31-29-26-23-20-17-14-11-8-2/h19-20,22-23,28-31,33,35,37,40,53,56,62-63H,7-18,21,24-27,32,34,36,38-39,41-52,54-55,57-61H2,1-6H3,(H-,66,68,70,71)/b22-19-,23-20-,30-28-,31-29-,35-33-,40-37-,56-53+. The van der Waals surface area contributed by atoms with Crippen LogP contribution in [0.15, 0.2) is 85.1 Å². The Balaban J connectivity index is 5.37. The van der Waals surface area contributed by atoms with Gasteiger partial charge in [-0.05, 0) is 109 Å². The Labute approximate surface area is 463 Å². The van der Waals surface area contributed by atoms with Gasteiger partial charge >= 0.3 is 5.97 Å². The van der Waals surface area contributed by atoms with Crippen molar-refractivity contribution in [2.45, 2.75) is 277 Å². The fourth-order valence-electron chi connectivity index (χ4n) is 8.48. The number of phosphoric acid groups is 1. The highest BCUT2D eigenvalue weighted by molar-refractivity contribution is 7.45. The molecular formula is C65H117N2O7P. The zero-order valence-electron chi connectivity index (χ0n) is 49.5. The highest BCUT2D eigenvalue weighted by atomic mass is 31.2. The molecule has 1 amide bonds. The summed E-state index contributed by atoms with van der Waals surface area (Å²) in [6.07, 6.45) is 71.1. The highest BCUT2D eigenvalue weighted by Gasteiger charge is 2.27. The topological polar surface area (TPSA) is 114 Å². The number of carbonyl (C=O) groups excluding carboxylic acids is 2. The maximum atomic E-state index is 13.5. The number of hydrogen-bond donors (Lipinski definition) is 1. The minimum atomic E-state index is -4.71. The summed E-state index contributed by atoms with van der Waals surface area (Å²) in [5, 5.41) is 3.02. The van der Waals surface area contributed by atoms with Crippen molar-refractivity contribution in [2.24, 2.45) is 0 Å². The lowest BCUT2D eigenvalue weighted by Crippen LogP contribution is -2.47. The van der Waals surface area contributed by atoms with Crippen LogP contribution in [0.2, 0.25) is 0 Å². The van der Waals surface area contributed by atoms with Crippen LogP contribution in [-0.4, -0.2) is 69.4 Å². The molecule has 0 saturated carbocycles. The molecule has 0 bridgehead atoms. The summed E-state index contributed by atoms with van der Waals surface area (Å²) in [4.78, 5) is 40.0. The molecule has 0 aromatic heterocycles. The van der Waals surface area contributed by atoms with E-state index in [-0.39, 0.29) is 24.9 Å². The number of allylic oxidation sites excluding steroid dienone is 13. The van der Waals surface area contributed by atoms with Crippen molar-refractivity contribution in [3.63, 3.8) is 0 Å². The van der Waals surface area contributed by atoms with Gasteiger partial charge in [-0.2, -0.15) is 0 Å². The Morgan fingerprint density at radius 3 is 1.24 bits per heavy atom. The molecule has 75 heavy (non-hydrogen) atoms. The zero-order valence-corrected chi connectivity index (χ0v) is 50.4. The normalized spacial score (nSPS) is 14.3. The summed E-state index contributed by atoms with van der Waals surface area (Å²) in [5.74, 6) is -0.581. The van der Waals surface area contributed by atoms with E-state index in [2.05, 4.69) is 99.0 Å². The van der Waals surface area contributed by atoms with Gasteiger partial charge in [-0.3, -0.25) is 14.2 Å². The minimum absolute atomic E-state index is 0.0323. The summed E-state index contributed by atoms with van der Waals surface area (Å²) in [6.45, 7) is 6.76. The molecule has 0 saturated heterocycles. The molecule has 0 fully saturated rings. The number of phosphoric ester groups is 1. The quantitative estimate of drug-likeness (QED) is 0.0212. The highest BCUT2D eigenvalue weighted by Crippen LogP contribution is 2.38. The second-order valence-electron chi connectivity index (χ2n) is 21.8. The maximum absolute atomic E-state index is 13.5. The third kappa shape index (κ3) is 55.7. The van der Waals surface area contributed by atoms with Gasteiger partial charge in [0.25, 0.3) is 7.82 Å². The van der Waals surface area contributed by atoms with Crippen molar-refractivity contribution in [1.29, 1.82) is 0 Å². The summed E-state index contributed by atoms with van der Waals surface area (Å²) in [7, 11) is 1.15. The first-order chi connectivity index (χ1) is 36.4. The molecule has 0 spiro atoms. The van der Waals surface area contributed by atoms with Crippen molar-refractivity contribution in [3.8, 4) is 0 Å². The number of quaternary nitrogens is 1. The molecule has 9 nitrogen and oxygen atoms in total. The van der Waals surface area contributed by atoms with Crippen LogP contribution in [0.4, 0.5) is 0 Å². The summed E-state index contributed by atoms with van der Waals surface area (Å²) in [6, 6.07) is -0.909. The van der Waals surface area contributed by atoms with Gasteiger partial charge in [0.2, 0.25) is 5.91 Å². The SMILES string of the molecule is CCCCC/C=C\C/C=C\C/C=C\CCCCCCCCC(=O)NC(COP(=O)([O-])OCC[N+](C)(C)C)C(/C=C/CCCCCCCCCCCCC)OC(=O)CCCCCC/C=C\C/C=C\C/C=C\CCCCC. The summed E-state index contributed by atoms with van der Waals surface area (Å²) < 4.78 is 30.3. The Bertz CT molecular complexity index is 1560. The van der Waals surface area contributed by atoms with Crippen LogP contribution in [0.25, 0.3) is 0 Å². The van der Waals surface area contributed by atoms with Crippen LogP contribution >= 0.6 is 7.82 Å². The van der Waals surface area contributed by atoms with Gasteiger partial charge in [-0.1, -0.05) is 228 Å². The predicted octanol–water partition coefficient (Wildman–Crippen LogP) is 18.4. The van der Waals surface area contributed by atoms with E-state index >= 15 is 0 Å². The Kier molecular flexibility index (Phi) is 52.5. The Morgan fingerprint density at radius 2 is 0.813 bits per heavy atom. The lowest BCUT2D eigenvalue weighted by Gasteiger charge is -2.30. The van der Waals surface area contributed by atoms with Crippen molar-refractivity contribution in [2.75, 3.05) is 40.9 Å². The third-order valence-electron chi connectivity index (χ3n) is 13.3. The summed E-state index contributed by atoms with van der Waals surface area (Å²) >= 11 is 0. The lowest BCUT2D eigenvalue weighted by molar-refractivity contribution is -0.870. The van der Waals surface area contributed by atoms with Crippen molar-refractivity contribution in [3.05, 3.63) is 85.1 Å². The number of esters is 1. The summed E-state index contributed by atoms with van der Waals surface area (Å²) in [5.41, 5.74) is 0. The van der Waals surface area contributed by atoms with E-state index in [4.69, 9.17) is 13.8 Å². The van der Waals surface area contributed by atoms with Gasteiger partial charge < -0.3 is 28.5 Å². The van der Waals surface area contributed by atoms with E-state index in [1.807, 2.05) is 33.3 Å². The Morgan fingerprint density at radius 1 is 0.467 bits per heavy atom. The number of hydrogen-bond acceptors (Lipinski definition) is 7. The molecule has 0 aliphatic heterocycles. The molecule has 0 aliphatic rings. The van der Waals surface area contributed by atoms with E-state index in [1.165, 1.54) is 109 Å². The fraction of sp³-hybridized carbons (Fsp3) is 0.754. The van der Waals surface area contributed by atoms with Crippen molar-refractivity contribution >= 4 is 19.7 Å². The molecule has 3 atom stereocenters. The van der Waals surface area contributed by atoms with Crippen LogP contribution in [0.3, 0.4) is 0 Å². The molecule has 1 N–H and O–H groups in total. The first kappa shape index (κ1) is 72.2. The molecule has 434 valence electrons. The minimum Gasteiger partial charge on any atom is -0.756 e. The molecule has 0 aromatic rings. The van der Waals surface area contributed by atoms with Crippen molar-refractivity contribution in [1.82, 2.24) is 5.32 Å². The molecule has 0 aromatic carbocycles. The van der Waals surface area contributed by atoms with Crippen molar-refractivity contribution < 1.29 is 37.3 Å². The molecule has 0 rings (SSSR count). The number of nitrogens with zero attached hydrogens (tertiary/aromatic N) is 1. The zero-order chi connectivity index (χ0) is 55.0. The van der Waals surface area contributed by atoms with Gasteiger partial charge in [0, 0.05) is 12.8 Å². The number of amides is 1. The first-order valence-corrected chi connectivity index (χ1v) is 32.4. The van der Waals surface area contributed by atoms with E-state index in [0.717, 1.165) is 116 Å². The number of likely N-dealkylation sites (N-methyl/N-ethyl adjacent to an activating group) is 1. The average molecular weight is 1070 g/mol. The number of ether oxygens (including phenoxy) is 1. The van der Waals surface area contributed by atoms with Gasteiger partial charge in [-0.25, -0.2) is 0 Å². The predicted molar refractivity (Wildman–Crippen MR) is 321 cm³/mol. The van der Waals surface area contributed by atoms with E-state index in [9.17, 15) is 19.0 Å². The molecular weight excluding hydrogens is 952 g/mol. The maximum Gasteiger partial charge on any atom is 0.306 e. The van der Waals surface area contributed by atoms with Crippen LogP contribution in [0.5, 0.6) is 0 Å². The van der Waals surface area contributed by atoms with Crippen LogP contribution < -0.4 is 10.2 Å². The number of carbonyl (C=O) groups is 2. The van der Waals surface area contributed by atoms with Crippen LogP contribution in [-0.2, 0) is 27.9 Å². The average Bonchev–Trinajstić information content (AvgIpc) is 3.37. The van der Waals surface area contributed by atoms with E-state index in [0.29, 0.717) is 23.9 Å². The van der Waals surface area contributed by atoms with Crippen LogP contribution in [0.1, 0.15) is 265 Å². The molecule has 0 aliphatic carbocycles. The lowest BCUT2D eigenvalue weighted by atomic mass is 10.0. The van der Waals surface area contributed by atoms with Gasteiger partial charge in [0.15, 0.2) is 0 Å². The molecule has 3 unspecified atom stereocenters. The third-order valence-corrected chi connectivity index (χ3v) is 14.3. The number of nitrogens with one attached hydrogen (secondary N) is 1. The van der Waals surface area contributed by atoms with Gasteiger partial charge in [0.1, 0.15) is 19.3 Å². The second-order valence-corrected chi connectivity index (χ2v) is 23.3. The largest absolute Gasteiger partial charge is 0.756 e.